The van der Waals surface area contributed by atoms with E-state index in [1.165, 1.54) is 12.3 Å². The molecule has 138 valence electrons. The van der Waals surface area contributed by atoms with Gasteiger partial charge in [-0.25, -0.2) is 9.37 Å². The van der Waals surface area contributed by atoms with Crippen LogP contribution < -0.4 is 10.6 Å². The van der Waals surface area contributed by atoms with Gasteiger partial charge in [0.15, 0.2) is 0 Å². The van der Waals surface area contributed by atoms with Gasteiger partial charge in [-0.15, -0.1) is 11.3 Å². The minimum absolute atomic E-state index is 0.249. The highest BCUT2D eigenvalue weighted by Crippen LogP contribution is 2.27. The number of thiazole rings is 1. The van der Waals surface area contributed by atoms with Crippen LogP contribution in [0.25, 0.3) is 10.6 Å². The fourth-order valence-corrected chi connectivity index (χ4v) is 3.27. The van der Waals surface area contributed by atoms with E-state index in [4.69, 9.17) is 11.6 Å². The Balaban J connectivity index is 1.49. The van der Waals surface area contributed by atoms with Crippen molar-refractivity contribution in [3.63, 3.8) is 0 Å². The molecule has 1 heterocycles. The van der Waals surface area contributed by atoms with Gasteiger partial charge in [-0.05, 0) is 36.4 Å². The van der Waals surface area contributed by atoms with Gasteiger partial charge in [-0.1, -0.05) is 23.7 Å². The fourth-order valence-electron chi connectivity index (χ4n) is 2.28. The molecule has 0 spiro atoms. The molecule has 0 aliphatic carbocycles. The van der Waals surface area contributed by atoms with E-state index >= 15 is 0 Å². The van der Waals surface area contributed by atoms with Gasteiger partial charge < -0.3 is 10.6 Å². The van der Waals surface area contributed by atoms with Crippen LogP contribution in [-0.2, 0) is 0 Å². The van der Waals surface area contributed by atoms with Crippen molar-refractivity contribution in [2.45, 2.75) is 0 Å². The first-order valence-corrected chi connectivity index (χ1v) is 9.27. The van der Waals surface area contributed by atoms with E-state index in [1.54, 1.807) is 42.5 Å². The van der Waals surface area contributed by atoms with Crippen LogP contribution in [0.4, 0.5) is 4.39 Å². The number of aromatic nitrogens is 1. The molecule has 2 amide bonds. The van der Waals surface area contributed by atoms with Crippen LogP contribution in [0.2, 0.25) is 5.02 Å². The lowest BCUT2D eigenvalue weighted by atomic mass is 10.2. The van der Waals surface area contributed by atoms with Crippen molar-refractivity contribution in [2.75, 3.05) is 13.1 Å². The minimum atomic E-state index is -0.385. The maximum atomic E-state index is 13.8. The zero-order valence-electron chi connectivity index (χ0n) is 14.0. The summed E-state index contributed by atoms with van der Waals surface area (Å²) >= 11 is 6.89. The third-order valence-corrected chi connectivity index (χ3v) is 4.92. The number of amides is 2. The Morgan fingerprint density at radius 1 is 1.00 bits per heavy atom. The summed E-state index contributed by atoms with van der Waals surface area (Å²) in [5, 5.41) is 6.39. The molecule has 1 aromatic heterocycles. The second kappa shape index (κ2) is 8.75. The molecular weight excluding hydrogens is 389 g/mol. The number of rotatable bonds is 6. The number of benzene rings is 2. The Morgan fingerprint density at radius 3 is 2.37 bits per heavy atom. The summed E-state index contributed by atoms with van der Waals surface area (Å²) in [5.74, 6) is -0.958. The van der Waals surface area contributed by atoms with Gasteiger partial charge in [-0.3, -0.25) is 9.59 Å². The summed E-state index contributed by atoms with van der Waals surface area (Å²) in [6.45, 7) is 0.525. The zero-order valence-corrected chi connectivity index (χ0v) is 15.6. The number of hydrogen-bond donors (Lipinski definition) is 2. The van der Waals surface area contributed by atoms with Crippen LogP contribution in [0.1, 0.15) is 20.0 Å². The average Bonchev–Trinajstić information content (AvgIpc) is 3.16. The number of carbonyl (C=O) groups excluding carboxylic acids is 2. The molecule has 0 saturated heterocycles. The first-order valence-electron chi connectivity index (χ1n) is 8.07. The van der Waals surface area contributed by atoms with Crippen LogP contribution in [0, 0.1) is 5.82 Å². The summed E-state index contributed by atoms with van der Waals surface area (Å²) in [6, 6.07) is 12.8. The van der Waals surface area contributed by atoms with E-state index in [0.29, 0.717) is 26.0 Å². The second-order valence-electron chi connectivity index (χ2n) is 5.53. The molecule has 0 atom stereocenters. The van der Waals surface area contributed by atoms with Crippen molar-refractivity contribution >= 4 is 34.8 Å². The number of hydrogen-bond acceptors (Lipinski definition) is 4. The maximum absolute atomic E-state index is 13.8. The van der Waals surface area contributed by atoms with Gasteiger partial charge in [0.2, 0.25) is 0 Å². The van der Waals surface area contributed by atoms with Crippen molar-refractivity contribution in [3.8, 4) is 10.6 Å². The van der Waals surface area contributed by atoms with Crippen LogP contribution in [0.5, 0.6) is 0 Å². The molecule has 0 unspecified atom stereocenters. The molecule has 3 aromatic rings. The first-order chi connectivity index (χ1) is 13.0. The largest absolute Gasteiger partial charge is 0.350 e. The van der Waals surface area contributed by atoms with Gasteiger partial charge in [0.05, 0.1) is 6.20 Å². The molecule has 0 aliphatic rings. The smallest absolute Gasteiger partial charge is 0.263 e. The van der Waals surface area contributed by atoms with Gasteiger partial charge in [0.1, 0.15) is 15.7 Å². The van der Waals surface area contributed by atoms with Crippen molar-refractivity contribution in [1.29, 1.82) is 0 Å². The highest BCUT2D eigenvalue weighted by Gasteiger charge is 2.13. The number of nitrogens with one attached hydrogen (secondary N) is 2. The summed E-state index contributed by atoms with van der Waals surface area (Å²) < 4.78 is 13.8. The Morgan fingerprint density at radius 2 is 1.67 bits per heavy atom. The predicted octanol–water partition coefficient (Wildman–Crippen LogP) is 3.76. The molecular formula is C19H15ClFN3O2S. The van der Waals surface area contributed by atoms with Crippen LogP contribution in [-0.4, -0.2) is 29.9 Å². The monoisotopic (exact) mass is 403 g/mol. The van der Waals surface area contributed by atoms with Crippen LogP contribution in [0.15, 0.2) is 54.7 Å². The number of carbonyl (C=O) groups is 2. The quantitative estimate of drug-likeness (QED) is 0.615. The Labute approximate surface area is 164 Å². The van der Waals surface area contributed by atoms with Crippen molar-refractivity contribution in [1.82, 2.24) is 15.6 Å². The molecule has 27 heavy (non-hydrogen) atoms. The van der Waals surface area contributed by atoms with E-state index in [1.807, 2.05) is 0 Å². The highest BCUT2D eigenvalue weighted by atomic mass is 35.5. The molecule has 0 fully saturated rings. The third kappa shape index (κ3) is 4.90. The predicted molar refractivity (Wildman–Crippen MR) is 104 cm³/mol. The standard InChI is InChI=1S/C19H15ClFN3O2S/c20-13-7-5-12(6-8-13)17(25)22-9-10-23-18(26)16-11-24-19(27-16)14-3-1-2-4-15(14)21/h1-8,11H,9-10H2,(H,22,25)(H,23,26). The van der Waals surface area contributed by atoms with Gasteiger partial charge >= 0.3 is 0 Å². The minimum Gasteiger partial charge on any atom is -0.350 e. The number of nitrogens with zero attached hydrogens (tertiary/aromatic N) is 1. The second-order valence-corrected chi connectivity index (χ2v) is 7.00. The summed E-state index contributed by atoms with van der Waals surface area (Å²) in [7, 11) is 0. The van der Waals surface area contributed by atoms with Crippen molar-refractivity contribution in [2.24, 2.45) is 0 Å². The normalized spacial score (nSPS) is 10.4. The van der Waals surface area contributed by atoms with E-state index in [-0.39, 0.29) is 30.7 Å². The molecule has 3 rings (SSSR count). The molecule has 0 saturated carbocycles. The molecule has 0 aliphatic heterocycles. The van der Waals surface area contributed by atoms with Crippen molar-refractivity contribution in [3.05, 3.63) is 76.0 Å². The topological polar surface area (TPSA) is 71.1 Å². The highest BCUT2D eigenvalue weighted by molar-refractivity contribution is 7.16. The van der Waals surface area contributed by atoms with E-state index < -0.39 is 0 Å². The van der Waals surface area contributed by atoms with E-state index in [2.05, 4.69) is 15.6 Å². The molecule has 5 nitrogen and oxygen atoms in total. The van der Waals surface area contributed by atoms with Gasteiger partial charge in [0, 0.05) is 29.2 Å². The fraction of sp³-hybridized carbons (Fsp3) is 0.105. The third-order valence-electron chi connectivity index (χ3n) is 3.64. The Kier molecular flexibility index (Phi) is 6.16. The lowest BCUT2D eigenvalue weighted by Crippen LogP contribution is -2.34. The van der Waals surface area contributed by atoms with Gasteiger partial charge in [0.25, 0.3) is 11.8 Å². The Bertz CT molecular complexity index is 960. The molecule has 2 N–H and O–H groups in total. The van der Waals surface area contributed by atoms with E-state index in [9.17, 15) is 14.0 Å². The Hall–Kier alpha value is -2.77. The lowest BCUT2D eigenvalue weighted by Gasteiger charge is -2.06. The molecule has 0 bridgehead atoms. The molecule has 2 aromatic carbocycles. The van der Waals surface area contributed by atoms with Crippen LogP contribution >= 0.6 is 22.9 Å². The van der Waals surface area contributed by atoms with Crippen LogP contribution in [0.3, 0.4) is 0 Å². The zero-order chi connectivity index (χ0) is 19.2. The summed E-state index contributed by atoms with van der Waals surface area (Å²) in [6.07, 6.45) is 1.41. The average molecular weight is 404 g/mol. The maximum Gasteiger partial charge on any atom is 0.263 e. The first kappa shape index (κ1) is 19.0. The summed E-state index contributed by atoms with van der Waals surface area (Å²) in [4.78, 5) is 28.6. The molecule has 8 heteroatoms. The summed E-state index contributed by atoms with van der Waals surface area (Å²) in [5.41, 5.74) is 0.847. The van der Waals surface area contributed by atoms with Crippen molar-refractivity contribution < 1.29 is 14.0 Å². The number of halogens is 2. The lowest BCUT2D eigenvalue weighted by molar-refractivity contribution is 0.0929. The SMILES string of the molecule is O=C(NCCNC(=O)c1cnc(-c2ccccc2F)s1)c1ccc(Cl)cc1. The van der Waals surface area contributed by atoms with E-state index in [0.717, 1.165) is 11.3 Å². The van der Waals surface area contributed by atoms with Gasteiger partial charge in [-0.2, -0.15) is 0 Å². The molecule has 0 radical (unpaired) electrons.